The number of nitrogens with zero attached hydrogens (tertiary/aromatic N) is 2. The van der Waals surface area contributed by atoms with Gasteiger partial charge in [-0.25, -0.2) is 8.42 Å². The van der Waals surface area contributed by atoms with Crippen LogP contribution in [0.5, 0.6) is 23.0 Å². The van der Waals surface area contributed by atoms with Gasteiger partial charge in [-0.15, -0.1) is 0 Å². The molecule has 0 aliphatic carbocycles. The van der Waals surface area contributed by atoms with Gasteiger partial charge < -0.3 is 29.2 Å². The van der Waals surface area contributed by atoms with Crippen LogP contribution >= 0.6 is 15.9 Å². The fourth-order valence-corrected chi connectivity index (χ4v) is 6.30. The van der Waals surface area contributed by atoms with E-state index in [-0.39, 0.29) is 34.5 Å². The van der Waals surface area contributed by atoms with Gasteiger partial charge in [0.05, 0.1) is 39.0 Å². The second kappa shape index (κ2) is 15.7. The molecule has 0 bridgehead atoms. The highest BCUT2D eigenvalue weighted by molar-refractivity contribution is 9.10. The maximum Gasteiger partial charge on any atom is 0.265 e. The highest BCUT2D eigenvalue weighted by Crippen LogP contribution is 2.37. The highest BCUT2D eigenvalue weighted by atomic mass is 79.9. The van der Waals surface area contributed by atoms with E-state index in [1.54, 1.807) is 19.1 Å². The van der Waals surface area contributed by atoms with E-state index < -0.39 is 28.5 Å². The second-order valence-electron chi connectivity index (χ2n) is 9.68. The standard InChI is InChI=1S/C31H38BrN3O8S/c1-7-15-33-31(37)21(2)34(19-22-9-8-10-23(32)16-22)30(36)20-35(26-17-24(40-3)11-13-27(26)41-4)44(38,39)25-12-14-28(42-5)29(18-25)43-6/h8-14,16-18,21H,7,15,19-20H2,1-6H3,(H,33,37)/t21-/m0/s1. The molecule has 0 unspecified atom stereocenters. The predicted octanol–water partition coefficient (Wildman–Crippen LogP) is 4.62. The third-order valence-electron chi connectivity index (χ3n) is 6.84. The zero-order valence-electron chi connectivity index (χ0n) is 25.6. The van der Waals surface area contributed by atoms with E-state index >= 15 is 0 Å². The molecule has 44 heavy (non-hydrogen) atoms. The van der Waals surface area contributed by atoms with Crippen LogP contribution in [0.2, 0.25) is 0 Å². The van der Waals surface area contributed by atoms with Crippen molar-refractivity contribution in [3.8, 4) is 23.0 Å². The van der Waals surface area contributed by atoms with E-state index in [1.807, 2.05) is 31.2 Å². The molecular weight excluding hydrogens is 654 g/mol. The number of methoxy groups -OCH3 is 4. The van der Waals surface area contributed by atoms with Gasteiger partial charge in [0.1, 0.15) is 24.1 Å². The second-order valence-corrected chi connectivity index (χ2v) is 12.5. The van der Waals surface area contributed by atoms with Gasteiger partial charge in [0.25, 0.3) is 10.0 Å². The molecule has 0 heterocycles. The molecule has 11 nitrogen and oxygen atoms in total. The number of amides is 2. The molecule has 0 saturated heterocycles. The molecule has 3 aromatic carbocycles. The Morgan fingerprint density at radius 3 is 2.18 bits per heavy atom. The van der Waals surface area contributed by atoms with Crippen molar-refractivity contribution in [2.24, 2.45) is 0 Å². The van der Waals surface area contributed by atoms with Gasteiger partial charge in [0.2, 0.25) is 11.8 Å². The lowest BCUT2D eigenvalue weighted by Crippen LogP contribution is -2.51. The summed E-state index contributed by atoms with van der Waals surface area (Å²) in [5, 5.41) is 2.83. The topological polar surface area (TPSA) is 124 Å². The Kier molecular flexibility index (Phi) is 12.3. The van der Waals surface area contributed by atoms with Crippen molar-refractivity contribution in [2.75, 3.05) is 45.8 Å². The number of benzene rings is 3. The van der Waals surface area contributed by atoms with E-state index in [0.29, 0.717) is 24.5 Å². The molecule has 0 aromatic heterocycles. The van der Waals surface area contributed by atoms with Gasteiger partial charge in [0, 0.05) is 29.7 Å². The summed E-state index contributed by atoms with van der Waals surface area (Å²) in [5.41, 5.74) is 0.816. The number of hydrogen-bond acceptors (Lipinski definition) is 8. The maximum absolute atomic E-state index is 14.4. The third-order valence-corrected chi connectivity index (χ3v) is 9.08. The van der Waals surface area contributed by atoms with Gasteiger partial charge in [-0.05, 0) is 55.3 Å². The van der Waals surface area contributed by atoms with Crippen molar-refractivity contribution in [3.05, 3.63) is 70.7 Å². The molecule has 0 fully saturated rings. The smallest absolute Gasteiger partial charge is 0.265 e. The first-order valence-electron chi connectivity index (χ1n) is 13.8. The van der Waals surface area contributed by atoms with Crippen molar-refractivity contribution in [2.45, 2.75) is 37.8 Å². The third kappa shape index (κ3) is 8.14. The number of rotatable bonds is 15. The van der Waals surface area contributed by atoms with Crippen LogP contribution in [0.1, 0.15) is 25.8 Å². The van der Waals surface area contributed by atoms with Crippen LogP contribution in [-0.4, -0.2) is 72.7 Å². The van der Waals surface area contributed by atoms with Crippen LogP contribution in [0, 0.1) is 0 Å². The number of ether oxygens (including phenoxy) is 4. The molecule has 1 atom stereocenters. The number of anilines is 1. The number of carbonyl (C=O) groups excluding carboxylic acids is 2. The van der Waals surface area contributed by atoms with Crippen LogP contribution in [0.15, 0.2) is 70.0 Å². The number of hydrogen-bond donors (Lipinski definition) is 1. The first-order valence-corrected chi connectivity index (χ1v) is 16.0. The van der Waals surface area contributed by atoms with Crippen molar-refractivity contribution in [1.29, 1.82) is 0 Å². The Balaban J connectivity index is 2.16. The molecule has 0 aliphatic heterocycles. The van der Waals surface area contributed by atoms with E-state index in [0.717, 1.165) is 14.3 Å². The minimum atomic E-state index is -4.43. The molecule has 3 aromatic rings. The lowest BCUT2D eigenvalue weighted by Gasteiger charge is -2.32. The van der Waals surface area contributed by atoms with Crippen molar-refractivity contribution >= 4 is 43.5 Å². The van der Waals surface area contributed by atoms with Gasteiger partial charge in [-0.3, -0.25) is 13.9 Å². The number of sulfonamides is 1. The van der Waals surface area contributed by atoms with Crippen molar-refractivity contribution in [1.82, 2.24) is 10.2 Å². The summed E-state index contributed by atoms with van der Waals surface area (Å²) in [4.78, 5) is 28.5. The van der Waals surface area contributed by atoms with Crippen LogP contribution in [0.4, 0.5) is 5.69 Å². The molecule has 1 N–H and O–H groups in total. The molecule has 238 valence electrons. The fourth-order valence-electron chi connectivity index (χ4n) is 4.42. The molecule has 0 saturated carbocycles. The van der Waals surface area contributed by atoms with Gasteiger partial charge in [0.15, 0.2) is 11.5 Å². The first kappa shape index (κ1) is 34.5. The van der Waals surface area contributed by atoms with E-state index in [4.69, 9.17) is 18.9 Å². The largest absolute Gasteiger partial charge is 0.497 e. The Morgan fingerprint density at radius 2 is 1.57 bits per heavy atom. The van der Waals surface area contributed by atoms with Crippen LogP contribution < -0.4 is 28.6 Å². The van der Waals surface area contributed by atoms with Crippen molar-refractivity contribution in [3.63, 3.8) is 0 Å². The van der Waals surface area contributed by atoms with Gasteiger partial charge >= 0.3 is 0 Å². The number of halogens is 1. The normalized spacial score (nSPS) is 11.7. The quantitative estimate of drug-likeness (QED) is 0.245. The minimum Gasteiger partial charge on any atom is -0.497 e. The van der Waals surface area contributed by atoms with E-state index in [2.05, 4.69) is 21.2 Å². The van der Waals surface area contributed by atoms with Crippen LogP contribution in [0.25, 0.3) is 0 Å². The average molecular weight is 693 g/mol. The highest BCUT2D eigenvalue weighted by Gasteiger charge is 2.34. The Bertz CT molecular complexity index is 1570. The van der Waals surface area contributed by atoms with Gasteiger partial charge in [-0.2, -0.15) is 0 Å². The Labute approximate surface area is 267 Å². The zero-order chi connectivity index (χ0) is 32.4. The molecule has 2 amide bonds. The van der Waals surface area contributed by atoms with Crippen LogP contribution in [0.3, 0.4) is 0 Å². The zero-order valence-corrected chi connectivity index (χ0v) is 28.0. The number of carbonyl (C=O) groups is 2. The monoisotopic (exact) mass is 691 g/mol. The first-order chi connectivity index (χ1) is 21.0. The Morgan fingerprint density at radius 1 is 0.886 bits per heavy atom. The number of nitrogens with one attached hydrogen (secondary N) is 1. The molecule has 13 heteroatoms. The molecular formula is C31H38BrN3O8S. The maximum atomic E-state index is 14.4. The lowest BCUT2D eigenvalue weighted by atomic mass is 10.1. The average Bonchev–Trinajstić information content (AvgIpc) is 3.03. The Hall–Kier alpha value is -3.97. The molecule has 0 aliphatic rings. The molecule has 0 radical (unpaired) electrons. The fraction of sp³-hybridized carbons (Fsp3) is 0.355. The minimum absolute atomic E-state index is 0.0540. The van der Waals surface area contributed by atoms with E-state index in [9.17, 15) is 18.0 Å². The summed E-state index contributed by atoms with van der Waals surface area (Å²) in [5.74, 6) is 0.0885. The summed E-state index contributed by atoms with van der Waals surface area (Å²) >= 11 is 3.45. The van der Waals surface area contributed by atoms with E-state index in [1.165, 1.54) is 57.6 Å². The van der Waals surface area contributed by atoms with Gasteiger partial charge in [-0.1, -0.05) is 35.0 Å². The summed E-state index contributed by atoms with van der Waals surface area (Å²) in [6.45, 7) is 3.37. The molecule has 3 rings (SSSR count). The SMILES string of the molecule is CCCNC(=O)[C@H](C)N(Cc1cccc(Br)c1)C(=O)CN(c1cc(OC)ccc1OC)S(=O)(=O)c1ccc(OC)c(OC)c1. The molecule has 0 spiro atoms. The summed E-state index contributed by atoms with van der Waals surface area (Å²) in [7, 11) is 1.25. The van der Waals surface area contributed by atoms with Crippen LogP contribution in [-0.2, 0) is 26.2 Å². The predicted molar refractivity (Wildman–Crippen MR) is 171 cm³/mol. The van der Waals surface area contributed by atoms with Crippen molar-refractivity contribution < 1.29 is 37.0 Å². The summed E-state index contributed by atoms with van der Waals surface area (Å²) in [6, 6.07) is 15.2. The summed E-state index contributed by atoms with van der Waals surface area (Å²) in [6.07, 6.45) is 0.713. The summed E-state index contributed by atoms with van der Waals surface area (Å²) < 4.78 is 52.0. The lowest BCUT2D eigenvalue weighted by molar-refractivity contribution is -0.139.